The minimum Gasteiger partial charge on any atom is -0.349 e. The zero-order valence-electron chi connectivity index (χ0n) is 10.9. The molecule has 0 aromatic carbocycles. The molecule has 1 N–H and O–H groups in total. The van der Waals surface area contributed by atoms with Crippen LogP contribution in [0.4, 0.5) is 0 Å². The zero-order chi connectivity index (χ0) is 13.1. The van der Waals surface area contributed by atoms with E-state index in [9.17, 15) is 4.79 Å². The maximum atomic E-state index is 12.2. The van der Waals surface area contributed by atoms with E-state index >= 15 is 0 Å². The van der Waals surface area contributed by atoms with Crippen molar-refractivity contribution in [2.45, 2.75) is 26.3 Å². The topological polar surface area (TPSA) is 51.9 Å². The third-order valence-electron chi connectivity index (χ3n) is 2.99. The van der Waals surface area contributed by atoms with Gasteiger partial charge in [-0.1, -0.05) is 6.92 Å². The van der Waals surface area contributed by atoms with Crippen LogP contribution >= 0.6 is 0 Å². The highest BCUT2D eigenvalue weighted by atomic mass is 16.1. The molecule has 0 spiro atoms. The first-order valence-electron chi connectivity index (χ1n) is 6.09. The Kier molecular flexibility index (Phi) is 3.50. The molecule has 0 aliphatic heterocycles. The standard InChI is InChI=1S/C13H18N4O/c1-4-10(2)15-12(18)11-9-14-16(3)13(11)17-7-5-6-8-17/h5-10H,4H2,1-3H3,(H,15,18). The third-order valence-corrected chi connectivity index (χ3v) is 2.99. The summed E-state index contributed by atoms with van der Waals surface area (Å²) in [6.07, 6.45) is 6.31. The van der Waals surface area contributed by atoms with Crippen molar-refractivity contribution in [2.75, 3.05) is 0 Å². The van der Waals surface area contributed by atoms with Crippen LogP contribution in [0.2, 0.25) is 0 Å². The number of rotatable bonds is 4. The Balaban J connectivity index is 2.32. The van der Waals surface area contributed by atoms with Gasteiger partial charge in [0.1, 0.15) is 11.4 Å². The molecule has 0 bridgehead atoms. The highest BCUT2D eigenvalue weighted by Crippen LogP contribution is 2.14. The Bertz CT molecular complexity index is 527. The number of amides is 1. The minimum atomic E-state index is -0.0823. The molecule has 2 rings (SSSR count). The van der Waals surface area contributed by atoms with Crippen LogP contribution in [-0.2, 0) is 7.05 Å². The third kappa shape index (κ3) is 2.30. The second kappa shape index (κ2) is 5.08. The van der Waals surface area contributed by atoms with E-state index in [-0.39, 0.29) is 11.9 Å². The molecule has 2 aromatic rings. The van der Waals surface area contributed by atoms with Crippen LogP contribution in [-0.4, -0.2) is 26.3 Å². The molecule has 18 heavy (non-hydrogen) atoms. The SMILES string of the molecule is CCC(C)NC(=O)c1cnn(C)c1-n1cccc1. The Morgan fingerprint density at radius 2 is 2.11 bits per heavy atom. The van der Waals surface area contributed by atoms with Gasteiger partial charge in [-0.3, -0.25) is 9.48 Å². The summed E-state index contributed by atoms with van der Waals surface area (Å²) in [4.78, 5) is 12.2. The fourth-order valence-electron chi connectivity index (χ4n) is 1.78. The molecule has 5 heteroatoms. The molecule has 1 amide bonds. The summed E-state index contributed by atoms with van der Waals surface area (Å²) >= 11 is 0. The van der Waals surface area contributed by atoms with Crippen molar-refractivity contribution in [1.29, 1.82) is 0 Å². The summed E-state index contributed by atoms with van der Waals surface area (Å²) in [5, 5.41) is 7.12. The number of carbonyl (C=O) groups excluding carboxylic acids is 1. The van der Waals surface area contributed by atoms with E-state index in [4.69, 9.17) is 0 Å². The average Bonchev–Trinajstić information content (AvgIpc) is 2.97. The maximum Gasteiger partial charge on any atom is 0.256 e. The Morgan fingerprint density at radius 3 is 2.72 bits per heavy atom. The number of nitrogens with zero attached hydrogens (tertiary/aromatic N) is 3. The summed E-state index contributed by atoms with van der Waals surface area (Å²) < 4.78 is 3.59. The summed E-state index contributed by atoms with van der Waals surface area (Å²) in [6, 6.07) is 4.00. The molecule has 1 atom stereocenters. The van der Waals surface area contributed by atoms with Gasteiger partial charge in [-0.15, -0.1) is 0 Å². The van der Waals surface area contributed by atoms with E-state index in [1.807, 2.05) is 50.0 Å². The molecule has 0 fully saturated rings. The van der Waals surface area contributed by atoms with Crippen molar-refractivity contribution in [2.24, 2.45) is 7.05 Å². The van der Waals surface area contributed by atoms with Crippen molar-refractivity contribution in [3.05, 3.63) is 36.3 Å². The fraction of sp³-hybridized carbons (Fsp3) is 0.385. The van der Waals surface area contributed by atoms with E-state index in [1.165, 1.54) is 0 Å². The van der Waals surface area contributed by atoms with Crippen LogP contribution < -0.4 is 5.32 Å². The maximum absolute atomic E-state index is 12.2. The van der Waals surface area contributed by atoms with Crippen molar-refractivity contribution in [3.63, 3.8) is 0 Å². The second-order valence-electron chi connectivity index (χ2n) is 4.38. The summed E-state index contributed by atoms with van der Waals surface area (Å²) in [5.74, 6) is 0.696. The molecule has 2 heterocycles. The van der Waals surface area contributed by atoms with E-state index in [0.717, 1.165) is 12.2 Å². The molecule has 1 unspecified atom stereocenters. The van der Waals surface area contributed by atoms with E-state index < -0.39 is 0 Å². The molecule has 5 nitrogen and oxygen atoms in total. The van der Waals surface area contributed by atoms with Gasteiger partial charge in [-0.2, -0.15) is 5.10 Å². The molecule has 0 aliphatic carbocycles. The lowest BCUT2D eigenvalue weighted by Gasteiger charge is -2.12. The normalized spacial score (nSPS) is 12.4. The number of hydrogen-bond donors (Lipinski definition) is 1. The Morgan fingerprint density at radius 1 is 1.44 bits per heavy atom. The van der Waals surface area contributed by atoms with Gasteiger partial charge in [-0.25, -0.2) is 0 Å². The lowest BCUT2D eigenvalue weighted by molar-refractivity contribution is 0.0939. The average molecular weight is 246 g/mol. The van der Waals surface area contributed by atoms with Gasteiger partial charge >= 0.3 is 0 Å². The van der Waals surface area contributed by atoms with Gasteiger partial charge < -0.3 is 9.88 Å². The molecular weight excluding hydrogens is 228 g/mol. The van der Waals surface area contributed by atoms with Crippen LogP contribution in [0.5, 0.6) is 0 Å². The molecule has 96 valence electrons. The Labute approximate surface area is 106 Å². The molecule has 0 saturated heterocycles. The van der Waals surface area contributed by atoms with Gasteiger partial charge in [0.2, 0.25) is 0 Å². The van der Waals surface area contributed by atoms with E-state index in [0.29, 0.717) is 5.56 Å². The van der Waals surface area contributed by atoms with Crippen molar-refractivity contribution in [1.82, 2.24) is 19.7 Å². The van der Waals surface area contributed by atoms with Crippen LogP contribution in [0, 0.1) is 0 Å². The van der Waals surface area contributed by atoms with Gasteiger partial charge in [0.15, 0.2) is 0 Å². The largest absolute Gasteiger partial charge is 0.349 e. The zero-order valence-corrected chi connectivity index (χ0v) is 10.9. The minimum absolute atomic E-state index is 0.0823. The lowest BCUT2D eigenvalue weighted by atomic mass is 10.2. The molecular formula is C13H18N4O. The number of carbonyl (C=O) groups is 1. The number of nitrogens with one attached hydrogen (secondary N) is 1. The summed E-state index contributed by atoms with van der Waals surface area (Å²) in [7, 11) is 1.83. The van der Waals surface area contributed by atoms with Crippen molar-refractivity contribution >= 4 is 5.91 Å². The highest BCUT2D eigenvalue weighted by molar-refractivity contribution is 5.97. The second-order valence-corrected chi connectivity index (χ2v) is 4.38. The number of hydrogen-bond acceptors (Lipinski definition) is 2. The number of aromatic nitrogens is 3. The first kappa shape index (κ1) is 12.4. The Hall–Kier alpha value is -2.04. The van der Waals surface area contributed by atoms with Crippen molar-refractivity contribution < 1.29 is 4.79 Å². The first-order valence-corrected chi connectivity index (χ1v) is 6.09. The van der Waals surface area contributed by atoms with E-state index in [1.54, 1.807) is 10.9 Å². The highest BCUT2D eigenvalue weighted by Gasteiger charge is 2.18. The monoisotopic (exact) mass is 246 g/mol. The van der Waals surface area contributed by atoms with Crippen LogP contribution in [0.25, 0.3) is 5.82 Å². The van der Waals surface area contributed by atoms with Gasteiger partial charge in [-0.05, 0) is 25.5 Å². The predicted molar refractivity (Wildman–Crippen MR) is 69.8 cm³/mol. The number of aryl methyl sites for hydroxylation is 1. The fourth-order valence-corrected chi connectivity index (χ4v) is 1.78. The molecule has 0 aliphatic rings. The predicted octanol–water partition coefficient (Wildman–Crippen LogP) is 1.74. The summed E-state index contributed by atoms with van der Waals surface area (Å²) in [5.41, 5.74) is 0.592. The van der Waals surface area contributed by atoms with Crippen LogP contribution in [0.15, 0.2) is 30.7 Å². The molecule has 0 radical (unpaired) electrons. The van der Waals surface area contributed by atoms with Crippen molar-refractivity contribution in [3.8, 4) is 5.82 Å². The molecule has 2 aromatic heterocycles. The smallest absolute Gasteiger partial charge is 0.256 e. The molecule has 0 saturated carbocycles. The van der Waals surface area contributed by atoms with Gasteiger partial charge in [0.25, 0.3) is 5.91 Å². The summed E-state index contributed by atoms with van der Waals surface area (Å²) in [6.45, 7) is 4.03. The van der Waals surface area contributed by atoms with Crippen LogP contribution in [0.1, 0.15) is 30.6 Å². The van der Waals surface area contributed by atoms with Gasteiger partial charge in [0, 0.05) is 25.5 Å². The van der Waals surface area contributed by atoms with Crippen LogP contribution in [0.3, 0.4) is 0 Å². The van der Waals surface area contributed by atoms with Gasteiger partial charge in [0.05, 0.1) is 6.20 Å². The van der Waals surface area contributed by atoms with E-state index in [2.05, 4.69) is 10.4 Å². The first-order chi connectivity index (χ1) is 8.63. The quantitative estimate of drug-likeness (QED) is 0.893. The lowest BCUT2D eigenvalue weighted by Crippen LogP contribution is -2.32.